The Morgan fingerprint density at radius 2 is 2.04 bits per heavy atom. The Morgan fingerprint density at radius 1 is 1.29 bits per heavy atom. The molecule has 1 aromatic heterocycles. The summed E-state index contributed by atoms with van der Waals surface area (Å²) in [4.78, 5) is 7.21. The summed E-state index contributed by atoms with van der Waals surface area (Å²) in [7, 11) is -3.23. The van der Waals surface area contributed by atoms with Crippen molar-refractivity contribution >= 4 is 31.6 Å². The van der Waals surface area contributed by atoms with Gasteiger partial charge in [0, 0.05) is 19.6 Å². The Balaban J connectivity index is 1.28. The van der Waals surface area contributed by atoms with Crippen molar-refractivity contribution in [3.8, 4) is 0 Å². The van der Waals surface area contributed by atoms with Gasteiger partial charge in [-0.05, 0) is 51.7 Å². The minimum absolute atomic E-state index is 0.00987. The number of ether oxygens (including phenoxy) is 1. The van der Waals surface area contributed by atoms with Crippen molar-refractivity contribution in [2.45, 2.75) is 63.0 Å². The third kappa shape index (κ3) is 4.41. The zero-order valence-electron chi connectivity index (χ0n) is 16.6. The smallest absolute Gasteiger partial charge is 0.214 e. The van der Waals surface area contributed by atoms with Gasteiger partial charge in [0.05, 0.1) is 33.7 Å². The summed E-state index contributed by atoms with van der Waals surface area (Å²) in [5, 5.41) is 0.763. The first-order valence-electron chi connectivity index (χ1n) is 10.1. The number of rotatable bonds is 6. The monoisotopic (exact) mass is 423 g/mol. The molecule has 2 aliphatic heterocycles. The number of sulfonamides is 1. The van der Waals surface area contributed by atoms with Crippen LogP contribution in [0.25, 0.3) is 10.2 Å². The maximum Gasteiger partial charge on any atom is 0.214 e. The first-order valence-corrected chi connectivity index (χ1v) is 12.4. The number of likely N-dealkylation sites (tertiary alicyclic amines) is 1. The van der Waals surface area contributed by atoms with Crippen LogP contribution in [-0.4, -0.2) is 54.9 Å². The van der Waals surface area contributed by atoms with Gasteiger partial charge < -0.3 is 4.74 Å². The van der Waals surface area contributed by atoms with Crippen molar-refractivity contribution in [2.24, 2.45) is 0 Å². The number of hydrogen-bond donors (Lipinski definition) is 1. The van der Waals surface area contributed by atoms with E-state index in [-0.39, 0.29) is 11.7 Å². The lowest BCUT2D eigenvalue weighted by Gasteiger charge is -2.39. The van der Waals surface area contributed by atoms with Gasteiger partial charge in [0.2, 0.25) is 10.0 Å². The molecule has 0 saturated carbocycles. The van der Waals surface area contributed by atoms with E-state index in [9.17, 15) is 8.42 Å². The van der Waals surface area contributed by atoms with Crippen LogP contribution in [-0.2, 0) is 21.3 Å². The van der Waals surface area contributed by atoms with Gasteiger partial charge in [-0.2, -0.15) is 0 Å². The fraction of sp³-hybridized carbons (Fsp3) is 0.650. The van der Waals surface area contributed by atoms with Crippen LogP contribution in [0.4, 0.5) is 0 Å². The molecule has 6 nitrogen and oxygen atoms in total. The number of piperidine rings is 1. The third-order valence-corrected chi connectivity index (χ3v) is 8.77. The van der Waals surface area contributed by atoms with Crippen LogP contribution in [0.3, 0.4) is 0 Å². The van der Waals surface area contributed by atoms with Gasteiger partial charge in [-0.15, -0.1) is 11.3 Å². The van der Waals surface area contributed by atoms with Crippen LogP contribution in [0, 0.1) is 0 Å². The zero-order chi connectivity index (χ0) is 19.8. The molecular formula is C20H29N3O3S2. The molecule has 2 aromatic rings. The molecule has 4 rings (SSSR count). The fourth-order valence-electron chi connectivity index (χ4n) is 4.08. The second kappa shape index (κ2) is 7.99. The molecule has 1 N–H and O–H groups in total. The van der Waals surface area contributed by atoms with Gasteiger partial charge in [0.1, 0.15) is 5.01 Å². The van der Waals surface area contributed by atoms with Crippen molar-refractivity contribution in [2.75, 3.05) is 19.6 Å². The third-order valence-electron chi connectivity index (χ3n) is 5.94. The summed E-state index contributed by atoms with van der Waals surface area (Å²) >= 11 is 1.78. The molecule has 1 spiro atoms. The molecule has 2 saturated heterocycles. The van der Waals surface area contributed by atoms with Crippen molar-refractivity contribution in [1.29, 1.82) is 0 Å². The molecule has 1 aromatic carbocycles. The molecule has 0 amide bonds. The SMILES string of the molecule is CC(C)S(=O)(=O)NC[C@H]1CCC2(CCN(Cc3nc4ccccc4s3)CC2)O1. The van der Waals surface area contributed by atoms with Gasteiger partial charge in [0.15, 0.2) is 0 Å². The topological polar surface area (TPSA) is 71.5 Å². The van der Waals surface area contributed by atoms with E-state index >= 15 is 0 Å². The lowest BCUT2D eigenvalue weighted by molar-refractivity contribution is -0.0758. The van der Waals surface area contributed by atoms with E-state index in [1.165, 1.54) is 9.71 Å². The number of nitrogens with zero attached hydrogens (tertiary/aromatic N) is 2. The van der Waals surface area contributed by atoms with Crippen LogP contribution in [0.5, 0.6) is 0 Å². The predicted molar refractivity (Wildman–Crippen MR) is 113 cm³/mol. The number of hydrogen-bond acceptors (Lipinski definition) is 6. The molecule has 0 radical (unpaired) electrons. The van der Waals surface area contributed by atoms with Gasteiger partial charge in [0.25, 0.3) is 0 Å². The summed E-state index contributed by atoms with van der Waals surface area (Å²) in [6.45, 7) is 6.67. The maximum absolute atomic E-state index is 12.0. The van der Waals surface area contributed by atoms with Crippen molar-refractivity contribution in [3.63, 3.8) is 0 Å². The summed E-state index contributed by atoms with van der Waals surface area (Å²) in [6.07, 6.45) is 3.95. The van der Waals surface area contributed by atoms with E-state index in [0.29, 0.717) is 6.54 Å². The number of benzene rings is 1. The summed E-state index contributed by atoms with van der Waals surface area (Å²) < 4.78 is 34.2. The first-order chi connectivity index (χ1) is 13.4. The molecule has 0 unspecified atom stereocenters. The lowest BCUT2D eigenvalue weighted by atomic mass is 9.88. The molecule has 8 heteroatoms. The average Bonchev–Trinajstić information content (AvgIpc) is 3.26. The second-order valence-corrected chi connectivity index (χ2v) is 11.7. The fourth-order valence-corrected chi connectivity index (χ4v) is 5.84. The van der Waals surface area contributed by atoms with Crippen LogP contribution in [0.2, 0.25) is 0 Å². The maximum atomic E-state index is 12.0. The summed E-state index contributed by atoms with van der Waals surface area (Å²) in [5.41, 5.74) is 1.01. The molecule has 2 fully saturated rings. The van der Waals surface area contributed by atoms with E-state index in [1.807, 2.05) is 6.07 Å². The van der Waals surface area contributed by atoms with E-state index in [2.05, 4.69) is 27.8 Å². The van der Waals surface area contributed by atoms with E-state index in [4.69, 9.17) is 9.72 Å². The Bertz CT molecular complexity index is 885. The van der Waals surface area contributed by atoms with Crippen molar-refractivity contribution < 1.29 is 13.2 Å². The standard InChI is InChI=1S/C20H29N3O3S2/c1-15(2)28(24,25)21-13-16-7-8-20(26-16)9-11-23(12-10-20)14-19-22-17-5-3-4-6-18(17)27-19/h3-6,15-16,21H,7-14H2,1-2H3/t16-/m1/s1. The summed E-state index contributed by atoms with van der Waals surface area (Å²) in [6, 6.07) is 8.29. The minimum Gasteiger partial charge on any atom is -0.370 e. The lowest BCUT2D eigenvalue weighted by Crippen LogP contribution is -2.45. The number of nitrogens with one attached hydrogen (secondary N) is 1. The molecule has 1 atom stereocenters. The highest BCUT2D eigenvalue weighted by molar-refractivity contribution is 7.90. The Labute approximate surface area is 171 Å². The van der Waals surface area contributed by atoms with Gasteiger partial charge in [-0.1, -0.05) is 12.1 Å². The minimum atomic E-state index is -3.23. The number of aromatic nitrogens is 1. The van der Waals surface area contributed by atoms with Crippen LogP contribution >= 0.6 is 11.3 Å². The average molecular weight is 424 g/mol. The van der Waals surface area contributed by atoms with Crippen molar-refractivity contribution in [3.05, 3.63) is 29.3 Å². The summed E-state index contributed by atoms with van der Waals surface area (Å²) in [5.74, 6) is 0. The zero-order valence-corrected chi connectivity index (χ0v) is 18.2. The van der Waals surface area contributed by atoms with Gasteiger partial charge in [-0.3, -0.25) is 4.90 Å². The van der Waals surface area contributed by atoms with E-state index in [1.54, 1.807) is 25.2 Å². The van der Waals surface area contributed by atoms with E-state index < -0.39 is 15.3 Å². The van der Waals surface area contributed by atoms with Crippen molar-refractivity contribution in [1.82, 2.24) is 14.6 Å². The molecule has 2 aliphatic rings. The first kappa shape index (κ1) is 20.2. The number of thiazole rings is 1. The molecular weight excluding hydrogens is 394 g/mol. The molecule has 0 aliphatic carbocycles. The molecule has 0 bridgehead atoms. The largest absolute Gasteiger partial charge is 0.370 e. The Hall–Kier alpha value is -1.06. The number of para-hydroxylation sites is 1. The van der Waals surface area contributed by atoms with Gasteiger partial charge in [-0.25, -0.2) is 18.1 Å². The second-order valence-electron chi connectivity index (χ2n) is 8.26. The highest BCUT2D eigenvalue weighted by atomic mass is 32.2. The van der Waals surface area contributed by atoms with Crippen LogP contribution < -0.4 is 4.72 Å². The molecule has 3 heterocycles. The molecule has 28 heavy (non-hydrogen) atoms. The van der Waals surface area contributed by atoms with E-state index in [0.717, 1.165) is 50.8 Å². The van der Waals surface area contributed by atoms with Gasteiger partial charge >= 0.3 is 0 Å². The Kier molecular flexibility index (Phi) is 5.77. The highest BCUT2D eigenvalue weighted by Crippen LogP contribution is 2.39. The number of fused-ring (bicyclic) bond motifs is 1. The normalized spacial score (nSPS) is 23.2. The highest BCUT2D eigenvalue weighted by Gasteiger charge is 2.42. The Morgan fingerprint density at radius 3 is 2.75 bits per heavy atom. The predicted octanol–water partition coefficient (Wildman–Crippen LogP) is 3.14. The van der Waals surface area contributed by atoms with Crippen LogP contribution in [0.1, 0.15) is 44.5 Å². The van der Waals surface area contributed by atoms with Crippen LogP contribution in [0.15, 0.2) is 24.3 Å². The molecule has 154 valence electrons. The quantitative estimate of drug-likeness (QED) is 0.773.